The number of amides is 1. The second-order valence-electron chi connectivity index (χ2n) is 6.52. The number of aromatic hydroxyl groups is 1. The molecule has 0 spiro atoms. The summed E-state index contributed by atoms with van der Waals surface area (Å²) in [5, 5.41) is 25.3. The Bertz CT molecular complexity index is 1200. The minimum absolute atomic E-state index is 0.0427. The molecule has 3 aromatic rings. The molecule has 3 rings (SSSR count). The summed E-state index contributed by atoms with van der Waals surface area (Å²) in [6, 6.07) is 12.9. The van der Waals surface area contributed by atoms with Gasteiger partial charge in [0.15, 0.2) is 6.61 Å². The summed E-state index contributed by atoms with van der Waals surface area (Å²) in [6.45, 7) is 1.54. The van der Waals surface area contributed by atoms with Crippen LogP contribution >= 0.6 is 15.9 Å². The van der Waals surface area contributed by atoms with Gasteiger partial charge in [0, 0.05) is 22.7 Å². The fraction of sp³-hybridized carbons (Fsp3) is 0.182. The third-order valence-corrected chi connectivity index (χ3v) is 5.49. The smallest absolute Gasteiger partial charge is 0.278 e. The highest BCUT2D eigenvalue weighted by molar-refractivity contribution is 9.10. The molecule has 31 heavy (non-hydrogen) atoms. The number of phenols is 1. The molecule has 0 radical (unpaired) electrons. The number of ether oxygens (including phenoxy) is 2. The Balaban J connectivity index is 1.71. The highest BCUT2D eigenvalue weighted by atomic mass is 79.9. The lowest BCUT2D eigenvalue weighted by molar-refractivity contribution is -0.123. The number of nitrogens with one attached hydrogen (secondary N) is 1. The first-order valence-electron chi connectivity index (χ1n) is 9.19. The van der Waals surface area contributed by atoms with Crippen LogP contribution in [0, 0.1) is 18.3 Å². The number of aromatic nitrogens is 1. The number of aryl methyl sites for hydroxylation is 1. The molecule has 0 bridgehead atoms. The topological polar surface area (TPSA) is 117 Å². The Labute approximate surface area is 187 Å². The molecule has 158 valence electrons. The number of benzene rings is 2. The third-order valence-electron chi connectivity index (χ3n) is 4.44. The van der Waals surface area contributed by atoms with Gasteiger partial charge >= 0.3 is 0 Å². The molecule has 9 heteroatoms. The van der Waals surface area contributed by atoms with E-state index in [0.717, 1.165) is 10.8 Å². The molecule has 0 saturated carbocycles. The fourth-order valence-electron chi connectivity index (χ4n) is 2.97. The van der Waals surface area contributed by atoms with E-state index in [1.54, 1.807) is 19.1 Å². The van der Waals surface area contributed by atoms with E-state index in [2.05, 4.69) is 31.4 Å². The fourth-order valence-corrected chi connectivity index (χ4v) is 3.37. The summed E-state index contributed by atoms with van der Waals surface area (Å²) in [7, 11) is 1.52. The van der Waals surface area contributed by atoms with Crippen LogP contribution in [0.4, 0.5) is 0 Å². The summed E-state index contributed by atoms with van der Waals surface area (Å²) >= 11 is 3.40. The van der Waals surface area contributed by atoms with Crippen LogP contribution in [-0.4, -0.2) is 35.9 Å². The Kier molecular flexibility index (Phi) is 7.18. The normalized spacial score (nSPS) is 10.9. The summed E-state index contributed by atoms with van der Waals surface area (Å²) in [5.74, 6) is -0.455. The molecule has 0 aliphatic rings. The van der Waals surface area contributed by atoms with Gasteiger partial charge in [-0.05, 0) is 39.7 Å². The standard InChI is InChI=1S/C22H19BrN4O4/c1-13-21(23)18(11-30-2)16(9-24)22(26-13)31-12-20(29)27-25-10-17-15-6-4-3-5-14(15)7-8-19(17)28/h3-8,10,28H,11-12H2,1-2H3,(H,27,29)/b25-10-. The number of carbonyl (C=O) groups is 1. The van der Waals surface area contributed by atoms with Gasteiger partial charge in [0.2, 0.25) is 5.88 Å². The van der Waals surface area contributed by atoms with Gasteiger partial charge in [0.05, 0.1) is 18.5 Å². The van der Waals surface area contributed by atoms with E-state index in [1.165, 1.54) is 13.3 Å². The number of rotatable bonds is 7. The number of nitrogens with zero attached hydrogens (tertiary/aromatic N) is 3. The van der Waals surface area contributed by atoms with Gasteiger partial charge in [-0.1, -0.05) is 30.3 Å². The molecule has 2 aromatic carbocycles. The molecule has 1 aromatic heterocycles. The van der Waals surface area contributed by atoms with E-state index < -0.39 is 12.5 Å². The van der Waals surface area contributed by atoms with Gasteiger partial charge in [0.25, 0.3) is 5.91 Å². The van der Waals surface area contributed by atoms with Crippen molar-refractivity contribution >= 4 is 38.8 Å². The van der Waals surface area contributed by atoms with E-state index in [4.69, 9.17) is 9.47 Å². The zero-order valence-corrected chi connectivity index (χ0v) is 18.4. The van der Waals surface area contributed by atoms with E-state index in [9.17, 15) is 15.2 Å². The summed E-state index contributed by atoms with van der Waals surface area (Å²) < 4.78 is 11.3. The minimum atomic E-state index is -0.546. The Morgan fingerprint density at radius 3 is 2.87 bits per heavy atom. The van der Waals surface area contributed by atoms with Crippen molar-refractivity contribution in [3.05, 3.63) is 63.3 Å². The highest BCUT2D eigenvalue weighted by Crippen LogP contribution is 2.30. The molecule has 2 N–H and O–H groups in total. The van der Waals surface area contributed by atoms with Crippen LogP contribution in [-0.2, 0) is 16.1 Å². The minimum Gasteiger partial charge on any atom is -0.507 e. The maximum absolute atomic E-state index is 12.2. The molecular formula is C22H19BrN4O4. The third kappa shape index (κ3) is 4.99. The number of phenolic OH excluding ortho intramolecular Hbond substituents is 1. The predicted octanol–water partition coefficient (Wildman–Crippen LogP) is 3.56. The number of hydrogen-bond donors (Lipinski definition) is 2. The van der Waals surface area contributed by atoms with Crippen LogP contribution in [0.5, 0.6) is 11.6 Å². The molecular weight excluding hydrogens is 464 g/mol. The first-order valence-corrected chi connectivity index (χ1v) is 9.99. The van der Waals surface area contributed by atoms with E-state index in [0.29, 0.717) is 21.3 Å². The molecule has 0 aliphatic carbocycles. The second kappa shape index (κ2) is 10.0. The van der Waals surface area contributed by atoms with Gasteiger partial charge in [-0.25, -0.2) is 10.4 Å². The first-order chi connectivity index (χ1) is 15.0. The Morgan fingerprint density at radius 2 is 2.13 bits per heavy atom. The number of pyridine rings is 1. The second-order valence-corrected chi connectivity index (χ2v) is 7.31. The largest absolute Gasteiger partial charge is 0.507 e. The van der Waals surface area contributed by atoms with E-state index in [-0.39, 0.29) is 23.8 Å². The van der Waals surface area contributed by atoms with Crippen LogP contribution in [0.3, 0.4) is 0 Å². The maximum Gasteiger partial charge on any atom is 0.278 e. The lowest BCUT2D eigenvalue weighted by Gasteiger charge is -2.13. The molecule has 0 atom stereocenters. The zero-order valence-electron chi connectivity index (χ0n) is 16.8. The van der Waals surface area contributed by atoms with E-state index in [1.807, 2.05) is 30.3 Å². The zero-order chi connectivity index (χ0) is 22.4. The van der Waals surface area contributed by atoms with Crippen LogP contribution in [0.25, 0.3) is 10.8 Å². The van der Waals surface area contributed by atoms with Gasteiger partial charge in [-0.3, -0.25) is 4.79 Å². The first kappa shape index (κ1) is 22.2. The number of halogens is 1. The summed E-state index contributed by atoms with van der Waals surface area (Å²) in [6.07, 6.45) is 1.37. The monoisotopic (exact) mass is 482 g/mol. The number of fused-ring (bicyclic) bond motifs is 1. The Morgan fingerprint density at radius 1 is 1.35 bits per heavy atom. The van der Waals surface area contributed by atoms with Gasteiger partial charge < -0.3 is 14.6 Å². The van der Waals surface area contributed by atoms with Crippen molar-refractivity contribution in [2.45, 2.75) is 13.5 Å². The van der Waals surface area contributed by atoms with Crippen LogP contribution in [0.1, 0.15) is 22.4 Å². The van der Waals surface area contributed by atoms with Crippen molar-refractivity contribution < 1.29 is 19.4 Å². The molecule has 0 aliphatic heterocycles. The summed E-state index contributed by atoms with van der Waals surface area (Å²) in [4.78, 5) is 16.4. The molecule has 1 heterocycles. The number of carbonyl (C=O) groups excluding carboxylic acids is 1. The van der Waals surface area contributed by atoms with Crippen LogP contribution < -0.4 is 10.2 Å². The predicted molar refractivity (Wildman–Crippen MR) is 119 cm³/mol. The Hall–Kier alpha value is -3.48. The van der Waals surface area contributed by atoms with Crippen LogP contribution in [0.2, 0.25) is 0 Å². The lowest BCUT2D eigenvalue weighted by Crippen LogP contribution is -2.25. The van der Waals surface area contributed by atoms with Crippen molar-refractivity contribution in [1.82, 2.24) is 10.4 Å². The quantitative estimate of drug-likeness (QED) is 0.392. The van der Waals surface area contributed by atoms with E-state index >= 15 is 0 Å². The molecule has 1 amide bonds. The van der Waals surface area contributed by atoms with Crippen molar-refractivity contribution in [2.24, 2.45) is 5.10 Å². The van der Waals surface area contributed by atoms with Crippen LogP contribution in [0.15, 0.2) is 46.0 Å². The lowest BCUT2D eigenvalue weighted by atomic mass is 10.0. The number of hydrogen-bond acceptors (Lipinski definition) is 7. The van der Waals surface area contributed by atoms with Gasteiger partial charge in [-0.2, -0.15) is 10.4 Å². The number of hydrazone groups is 1. The average Bonchev–Trinajstić information content (AvgIpc) is 2.77. The van der Waals surface area contributed by atoms with Gasteiger partial charge in [0.1, 0.15) is 17.4 Å². The average molecular weight is 483 g/mol. The molecule has 0 unspecified atom stereocenters. The van der Waals surface area contributed by atoms with Crippen molar-refractivity contribution in [3.8, 4) is 17.7 Å². The van der Waals surface area contributed by atoms with Crippen molar-refractivity contribution in [1.29, 1.82) is 5.26 Å². The molecule has 8 nitrogen and oxygen atoms in total. The van der Waals surface area contributed by atoms with Crippen molar-refractivity contribution in [3.63, 3.8) is 0 Å². The van der Waals surface area contributed by atoms with Crippen molar-refractivity contribution in [2.75, 3.05) is 13.7 Å². The SMILES string of the molecule is COCc1c(Br)c(C)nc(OCC(=O)N/N=C\c2c(O)ccc3ccccc23)c1C#N. The molecule has 0 fully saturated rings. The number of methoxy groups -OCH3 is 1. The highest BCUT2D eigenvalue weighted by Gasteiger charge is 2.18. The maximum atomic E-state index is 12.2. The molecule has 0 saturated heterocycles. The number of nitriles is 1. The van der Waals surface area contributed by atoms with Gasteiger partial charge in [-0.15, -0.1) is 0 Å². The summed E-state index contributed by atoms with van der Waals surface area (Å²) in [5.41, 5.74) is 4.22.